The van der Waals surface area contributed by atoms with Gasteiger partial charge < -0.3 is 25.8 Å². The Kier molecular flexibility index (Phi) is 8.96. The number of nitrogens with one attached hydrogen (secondary N) is 2. The van der Waals surface area contributed by atoms with E-state index in [1.54, 1.807) is 36.4 Å². The summed E-state index contributed by atoms with van der Waals surface area (Å²) in [7, 11) is 1.27. The van der Waals surface area contributed by atoms with Crippen molar-refractivity contribution in [1.29, 1.82) is 0 Å². The standard InChI is InChI=1S/C25H29FN4O6/c1-15(31)28-13-19-14-30(25(34)36-19)18-7-8-20(21(26)11-18)17-5-3-16(4-6-17)12-29-24(33)22(27)9-10-23(32)35-2/h3-8,11,19,22H,9-10,12-14,27H2,1-2H3,(H,28,31)(H,29,33)/t19-,22+/m0/s1. The molecule has 2 aromatic carbocycles. The molecular weight excluding hydrogens is 471 g/mol. The Labute approximate surface area is 207 Å². The van der Waals surface area contributed by atoms with Crippen LogP contribution in [0.3, 0.4) is 0 Å². The molecule has 1 aliphatic heterocycles. The molecule has 3 amide bonds. The Balaban J connectivity index is 1.58. The summed E-state index contributed by atoms with van der Waals surface area (Å²) in [5.41, 5.74) is 7.90. The van der Waals surface area contributed by atoms with Crippen LogP contribution < -0.4 is 21.3 Å². The van der Waals surface area contributed by atoms with Crippen molar-refractivity contribution >= 4 is 29.6 Å². The Morgan fingerprint density at radius 2 is 1.92 bits per heavy atom. The maximum Gasteiger partial charge on any atom is 0.414 e. The topological polar surface area (TPSA) is 140 Å². The van der Waals surface area contributed by atoms with Gasteiger partial charge in [-0.05, 0) is 35.7 Å². The molecule has 1 fully saturated rings. The van der Waals surface area contributed by atoms with E-state index in [4.69, 9.17) is 10.5 Å². The van der Waals surface area contributed by atoms with Crippen LogP contribution in [-0.4, -0.2) is 56.2 Å². The number of ether oxygens (including phenoxy) is 2. The van der Waals surface area contributed by atoms with Crippen molar-refractivity contribution in [1.82, 2.24) is 10.6 Å². The predicted octanol–water partition coefficient (Wildman–Crippen LogP) is 1.85. The first-order chi connectivity index (χ1) is 17.2. The minimum Gasteiger partial charge on any atom is -0.469 e. The third kappa shape index (κ3) is 7.01. The first kappa shape index (κ1) is 26.6. The van der Waals surface area contributed by atoms with Crippen molar-refractivity contribution in [3.63, 3.8) is 0 Å². The maximum atomic E-state index is 14.9. The van der Waals surface area contributed by atoms with E-state index in [1.807, 2.05) is 0 Å². The molecule has 36 heavy (non-hydrogen) atoms. The summed E-state index contributed by atoms with van der Waals surface area (Å²) in [6.07, 6.45) is -0.882. The average Bonchev–Trinajstić information content (AvgIpc) is 3.25. The van der Waals surface area contributed by atoms with Crippen LogP contribution in [0.25, 0.3) is 11.1 Å². The van der Waals surface area contributed by atoms with Gasteiger partial charge in [-0.2, -0.15) is 0 Å². The summed E-state index contributed by atoms with van der Waals surface area (Å²) in [6.45, 7) is 1.98. The molecular formula is C25H29FN4O6. The minimum absolute atomic E-state index is 0.0563. The van der Waals surface area contributed by atoms with Gasteiger partial charge in [-0.1, -0.05) is 24.3 Å². The molecule has 0 radical (unpaired) electrons. The summed E-state index contributed by atoms with van der Waals surface area (Å²) in [5.74, 6) is -1.55. The van der Waals surface area contributed by atoms with Crippen LogP contribution in [0.4, 0.5) is 14.9 Å². The van der Waals surface area contributed by atoms with Crippen LogP contribution >= 0.6 is 0 Å². The van der Waals surface area contributed by atoms with Gasteiger partial charge in [0.2, 0.25) is 11.8 Å². The number of rotatable bonds is 10. The highest BCUT2D eigenvalue weighted by atomic mass is 19.1. The number of hydrogen-bond acceptors (Lipinski definition) is 7. The van der Waals surface area contributed by atoms with E-state index in [9.17, 15) is 23.6 Å². The number of carbonyl (C=O) groups is 4. The molecule has 1 aliphatic rings. The van der Waals surface area contributed by atoms with Gasteiger partial charge >= 0.3 is 12.1 Å². The summed E-state index contributed by atoms with van der Waals surface area (Å²) in [5, 5.41) is 5.31. The maximum absolute atomic E-state index is 14.9. The lowest BCUT2D eigenvalue weighted by atomic mass is 10.0. The van der Waals surface area contributed by atoms with Crippen molar-refractivity contribution in [3.05, 3.63) is 53.8 Å². The molecule has 0 bridgehead atoms. The molecule has 2 atom stereocenters. The molecule has 10 nitrogen and oxygen atoms in total. The van der Waals surface area contributed by atoms with Crippen molar-refractivity contribution in [3.8, 4) is 11.1 Å². The fourth-order valence-electron chi connectivity index (χ4n) is 3.63. The number of amides is 3. The molecule has 2 aromatic rings. The van der Waals surface area contributed by atoms with Gasteiger partial charge in [-0.3, -0.25) is 19.3 Å². The quantitative estimate of drug-likeness (QED) is 0.423. The van der Waals surface area contributed by atoms with Gasteiger partial charge in [0.15, 0.2) is 0 Å². The molecule has 11 heteroatoms. The van der Waals surface area contributed by atoms with Gasteiger partial charge in [0.05, 0.1) is 31.9 Å². The summed E-state index contributed by atoms with van der Waals surface area (Å²) < 4.78 is 24.7. The molecule has 4 N–H and O–H groups in total. The van der Waals surface area contributed by atoms with Crippen LogP contribution in [0.5, 0.6) is 0 Å². The van der Waals surface area contributed by atoms with E-state index < -0.39 is 30.0 Å². The number of nitrogens with two attached hydrogens (primary N) is 1. The van der Waals surface area contributed by atoms with E-state index in [1.165, 1.54) is 25.0 Å². The molecule has 1 heterocycles. The van der Waals surface area contributed by atoms with E-state index in [2.05, 4.69) is 15.4 Å². The Morgan fingerprint density at radius 1 is 1.19 bits per heavy atom. The summed E-state index contributed by atoms with van der Waals surface area (Å²) >= 11 is 0. The third-order valence-electron chi connectivity index (χ3n) is 5.67. The number of benzene rings is 2. The van der Waals surface area contributed by atoms with Gasteiger partial charge in [-0.25, -0.2) is 9.18 Å². The van der Waals surface area contributed by atoms with Crippen molar-refractivity contribution in [2.24, 2.45) is 5.73 Å². The van der Waals surface area contributed by atoms with E-state index in [0.717, 1.165) is 5.56 Å². The number of hydrogen-bond donors (Lipinski definition) is 3. The monoisotopic (exact) mass is 500 g/mol. The lowest BCUT2D eigenvalue weighted by Crippen LogP contribution is -2.40. The SMILES string of the molecule is COC(=O)CC[C@@H](N)C(=O)NCc1ccc(-c2ccc(N3C[C@H](CNC(C)=O)OC3=O)cc2F)cc1. The Bertz CT molecular complexity index is 1120. The molecule has 0 spiro atoms. The van der Waals surface area contributed by atoms with Crippen LogP contribution in [0.15, 0.2) is 42.5 Å². The number of esters is 1. The zero-order valence-corrected chi connectivity index (χ0v) is 20.1. The van der Waals surface area contributed by atoms with Crippen LogP contribution in [0.2, 0.25) is 0 Å². The first-order valence-electron chi connectivity index (χ1n) is 11.4. The van der Waals surface area contributed by atoms with Crippen molar-refractivity contribution in [2.45, 2.75) is 38.5 Å². The molecule has 0 saturated carbocycles. The second-order valence-electron chi connectivity index (χ2n) is 8.35. The van der Waals surface area contributed by atoms with E-state index in [0.29, 0.717) is 16.8 Å². The van der Waals surface area contributed by atoms with Gasteiger partial charge in [0, 0.05) is 25.5 Å². The number of anilines is 1. The second kappa shape index (κ2) is 12.1. The fourth-order valence-corrected chi connectivity index (χ4v) is 3.63. The molecule has 0 aromatic heterocycles. The number of methoxy groups -OCH3 is 1. The summed E-state index contributed by atoms with van der Waals surface area (Å²) in [6, 6.07) is 10.6. The number of nitrogens with zero attached hydrogens (tertiary/aromatic N) is 1. The lowest BCUT2D eigenvalue weighted by Gasteiger charge is -2.15. The normalized spacial score (nSPS) is 15.7. The fraction of sp³-hybridized carbons (Fsp3) is 0.360. The van der Waals surface area contributed by atoms with E-state index >= 15 is 0 Å². The lowest BCUT2D eigenvalue weighted by molar-refractivity contribution is -0.140. The zero-order chi connectivity index (χ0) is 26.2. The van der Waals surface area contributed by atoms with Crippen LogP contribution in [0.1, 0.15) is 25.3 Å². The van der Waals surface area contributed by atoms with E-state index in [-0.39, 0.29) is 44.3 Å². The van der Waals surface area contributed by atoms with Crippen LogP contribution in [0, 0.1) is 5.82 Å². The van der Waals surface area contributed by atoms with Gasteiger partial charge in [-0.15, -0.1) is 0 Å². The third-order valence-corrected chi connectivity index (χ3v) is 5.67. The van der Waals surface area contributed by atoms with Crippen molar-refractivity contribution in [2.75, 3.05) is 25.1 Å². The average molecular weight is 501 g/mol. The molecule has 3 rings (SSSR count). The van der Waals surface area contributed by atoms with Crippen molar-refractivity contribution < 1.29 is 33.0 Å². The van der Waals surface area contributed by atoms with Crippen LogP contribution in [-0.2, 0) is 30.4 Å². The predicted molar refractivity (Wildman–Crippen MR) is 129 cm³/mol. The largest absolute Gasteiger partial charge is 0.469 e. The first-order valence-corrected chi connectivity index (χ1v) is 11.4. The van der Waals surface area contributed by atoms with Gasteiger partial charge in [0.1, 0.15) is 11.9 Å². The number of cyclic esters (lactones) is 1. The highest BCUT2D eigenvalue weighted by Crippen LogP contribution is 2.29. The second-order valence-corrected chi connectivity index (χ2v) is 8.35. The number of carbonyl (C=O) groups excluding carboxylic acids is 4. The Hall–Kier alpha value is -3.99. The minimum atomic E-state index is -0.829. The van der Waals surface area contributed by atoms with Gasteiger partial charge in [0.25, 0.3) is 0 Å². The summed E-state index contributed by atoms with van der Waals surface area (Å²) in [4.78, 5) is 47.8. The molecule has 192 valence electrons. The molecule has 0 aliphatic carbocycles. The zero-order valence-electron chi connectivity index (χ0n) is 20.1. The Morgan fingerprint density at radius 3 is 2.56 bits per heavy atom. The highest BCUT2D eigenvalue weighted by Gasteiger charge is 2.32. The molecule has 0 unspecified atom stereocenters. The number of halogens is 1. The smallest absolute Gasteiger partial charge is 0.414 e. The highest BCUT2D eigenvalue weighted by molar-refractivity contribution is 5.90. The molecule has 1 saturated heterocycles.